The van der Waals surface area contributed by atoms with Gasteiger partial charge in [-0.05, 0) is 6.42 Å². The molecule has 0 amide bonds. The largest absolute Gasteiger partial charge is 0.461 e. The lowest BCUT2D eigenvalue weighted by Crippen LogP contribution is -2.42. The highest BCUT2D eigenvalue weighted by molar-refractivity contribution is 6.29. The SMILES string of the molecule is CCCCN1C=CN(C)C1OC(=O)C(=O)OC. The van der Waals surface area contributed by atoms with Gasteiger partial charge in [0.2, 0.25) is 0 Å². The monoisotopic (exact) mass is 242 g/mol. The molecule has 6 nitrogen and oxygen atoms in total. The van der Waals surface area contributed by atoms with Crippen molar-refractivity contribution in [3.63, 3.8) is 0 Å². The summed E-state index contributed by atoms with van der Waals surface area (Å²) >= 11 is 0. The molecule has 0 aromatic heterocycles. The number of ether oxygens (including phenoxy) is 2. The van der Waals surface area contributed by atoms with Crippen molar-refractivity contribution in [1.82, 2.24) is 9.80 Å². The molecule has 0 saturated heterocycles. The van der Waals surface area contributed by atoms with Gasteiger partial charge in [0.1, 0.15) is 0 Å². The Morgan fingerprint density at radius 2 is 2.00 bits per heavy atom. The maximum atomic E-state index is 11.3. The molecule has 96 valence electrons. The third-order valence-corrected chi connectivity index (χ3v) is 2.46. The van der Waals surface area contributed by atoms with Crippen LogP contribution < -0.4 is 0 Å². The van der Waals surface area contributed by atoms with Crippen LogP contribution in [0.1, 0.15) is 19.8 Å². The Labute approximate surface area is 101 Å². The fraction of sp³-hybridized carbons (Fsp3) is 0.636. The average Bonchev–Trinajstić information content (AvgIpc) is 2.67. The van der Waals surface area contributed by atoms with Crippen LogP contribution in [0.25, 0.3) is 0 Å². The average molecular weight is 242 g/mol. The smallest absolute Gasteiger partial charge is 0.420 e. The Morgan fingerprint density at radius 1 is 1.29 bits per heavy atom. The van der Waals surface area contributed by atoms with Gasteiger partial charge in [0.15, 0.2) is 0 Å². The first kappa shape index (κ1) is 13.3. The minimum atomic E-state index is -0.985. The Morgan fingerprint density at radius 3 is 2.59 bits per heavy atom. The van der Waals surface area contributed by atoms with E-state index >= 15 is 0 Å². The minimum absolute atomic E-state index is 0.562. The molecule has 0 aliphatic carbocycles. The van der Waals surface area contributed by atoms with Gasteiger partial charge < -0.3 is 19.3 Å². The molecule has 0 spiro atoms. The molecule has 6 heteroatoms. The van der Waals surface area contributed by atoms with Gasteiger partial charge in [-0.1, -0.05) is 13.3 Å². The first-order valence-electron chi connectivity index (χ1n) is 5.55. The highest BCUT2D eigenvalue weighted by Crippen LogP contribution is 2.16. The summed E-state index contributed by atoms with van der Waals surface area (Å²) in [5, 5.41) is 0. The van der Waals surface area contributed by atoms with E-state index in [2.05, 4.69) is 11.7 Å². The maximum Gasteiger partial charge on any atom is 0.420 e. The zero-order chi connectivity index (χ0) is 12.8. The third kappa shape index (κ3) is 3.37. The molecule has 1 atom stereocenters. The predicted octanol–water partition coefficient (Wildman–Crippen LogP) is 0.505. The molecule has 1 aliphatic heterocycles. The maximum absolute atomic E-state index is 11.3. The highest BCUT2D eigenvalue weighted by atomic mass is 16.6. The molecular formula is C11H18N2O4. The number of methoxy groups -OCH3 is 1. The molecule has 17 heavy (non-hydrogen) atoms. The van der Waals surface area contributed by atoms with E-state index in [-0.39, 0.29) is 0 Å². The van der Waals surface area contributed by atoms with Crippen molar-refractivity contribution in [1.29, 1.82) is 0 Å². The van der Waals surface area contributed by atoms with E-state index < -0.39 is 18.3 Å². The van der Waals surface area contributed by atoms with Crippen molar-refractivity contribution in [3.05, 3.63) is 12.4 Å². The van der Waals surface area contributed by atoms with E-state index in [1.54, 1.807) is 18.1 Å². The van der Waals surface area contributed by atoms with E-state index in [9.17, 15) is 9.59 Å². The number of carbonyl (C=O) groups is 2. The lowest BCUT2D eigenvalue weighted by Gasteiger charge is -2.28. The molecule has 0 N–H and O–H groups in total. The first-order valence-corrected chi connectivity index (χ1v) is 5.55. The number of nitrogens with zero attached hydrogens (tertiary/aromatic N) is 2. The molecule has 0 radical (unpaired) electrons. The van der Waals surface area contributed by atoms with Crippen molar-refractivity contribution in [2.24, 2.45) is 0 Å². The molecule has 0 aromatic rings. The van der Waals surface area contributed by atoms with Crippen LogP contribution in [0.2, 0.25) is 0 Å². The van der Waals surface area contributed by atoms with Crippen LogP contribution in [0.15, 0.2) is 12.4 Å². The number of esters is 2. The van der Waals surface area contributed by atoms with Crippen LogP contribution in [-0.2, 0) is 19.1 Å². The van der Waals surface area contributed by atoms with Crippen molar-refractivity contribution in [3.8, 4) is 0 Å². The van der Waals surface area contributed by atoms with E-state index in [1.807, 2.05) is 11.1 Å². The fourth-order valence-electron chi connectivity index (χ4n) is 1.48. The minimum Gasteiger partial charge on any atom is -0.461 e. The molecule has 0 saturated carbocycles. The van der Waals surface area contributed by atoms with E-state index in [0.717, 1.165) is 26.5 Å². The summed E-state index contributed by atoms with van der Waals surface area (Å²) in [7, 11) is 2.92. The third-order valence-electron chi connectivity index (χ3n) is 2.46. The summed E-state index contributed by atoms with van der Waals surface area (Å²) in [6.07, 6.45) is 5.11. The van der Waals surface area contributed by atoms with Crippen LogP contribution in [-0.4, -0.2) is 48.8 Å². The summed E-state index contributed by atoms with van der Waals surface area (Å²) < 4.78 is 9.36. The molecular weight excluding hydrogens is 224 g/mol. The summed E-state index contributed by atoms with van der Waals surface area (Å²) in [6, 6.07) is 0. The van der Waals surface area contributed by atoms with Crippen molar-refractivity contribution >= 4 is 11.9 Å². The Kier molecular flexibility index (Phi) is 4.81. The summed E-state index contributed by atoms with van der Waals surface area (Å²) in [4.78, 5) is 25.9. The van der Waals surface area contributed by atoms with E-state index in [1.165, 1.54) is 0 Å². The molecule has 0 bridgehead atoms. The number of hydrogen-bond acceptors (Lipinski definition) is 6. The topological polar surface area (TPSA) is 59.1 Å². The Balaban J connectivity index is 2.55. The number of carbonyl (C=O) groups excluding carboxylic acids is 2. The van der Waals surface area contributed by atoms with Gasteiger partial charge >= 0.3 is 11.9 Å². The second-order valence-corrected chi connectivity index (χ2v) is 3.78. The number of unbranched alkanes of at least 4 members (excludes halogenated alkanes) is 1. The number of hydrogen-bond donors (Lipinski definition) is 0. The lowest BCUT2D eigenvalue weighted by molar-refractivity contribution is -0.180. The summed E-state index contributed by atoms with van der Waals surface area (Å²) in [5.41, 5.74) is 0. The van der Waals surface area contributed by atoms with Crippen molar-refractivity contribution in [2.45, 2.75) is 26.1 Å². The quantitative estimate of drug-likeness (QED) is 0.528. The summed E-state index contributed by atoms with van der Waals surface area (Å²) in [5.74, 6) is -1.96. The normalized spacial score (nSPS) is 18.4. The van der Waals surface area contributed by atoms with E-state index in [4.69, 9.17) is 4.74 Å². The van der Waals surface area contributed by atoms with Crippen molar-refractivity contribution in [2.75, 3.05) is 20.7 Å². The molecule has 0 aromatic carbocycles. The van der Waals surface area contributed by atoms with Gasteiger partial charge in [-0.25, -0.2) is 9.59 Å². The molecule has 1 heterocycles. The second-order valence-electron chi connectivity index (χ2n) is 3.78. The molecule has 1 rings (SSSR count). The van der Waals surface area contributed by atoms with Gasteiger partial charge in [0.25, 0.3) is 6.35 Å². The van der Waals surface area contributed by atoms with Gasteiger partial charge in [0, 0.05) is 26.0 Å². The van der Waals surface area contributed by atoms with Gasteiger partial charge in [0.05, 0.1) is 7.11 Å². The van der Waals surface area contributed by atoms with Gasteiger partial charge in [-0.3, -0.25) is 0 Å². The first-order chi connectivity index (χ1) is 8.10. The summed E-state index contributed by atoms with van der Waals surface area (Å²) in [6.45, 7) is 2.86. The van der Waals surface area contributed by atoms with Crippen LogP contribution >= 0.6 is 0 Å². The Hall–Kier alpha value is -1.72. The molecule has 1 aliphatic rings. The highest BCUT2D eigenvalue weighted by Gasteiger charge is 2.29. The number of rotatable bonds is 4. The Bertz CT molecular complexity index is 317. The van der Waals surface area contributed by atoms with Crippen LogP contribution in [0.3, 0.4) is 0 Å². The molecule has 0 fully saturated rings. The van der Waals surface area contributed by atoms with Gasteiger partial charge in [-0.15, -0.1) is 0 Å². The van der Waals surface area contributed by atoms with Crippen molar-refractivity contribution < 1.29 is 19.1 Å². The second kappa shape index (κ2) is 6.12. The van der Waals surface area contributed by atoms with E-state index in [0.29, 0.717) is 0 Å². The van der Waals surface area contributed by atoms with Gasteiger partial charge in [-0.2, -0.15) is 0 Å². The van der Waals surface area contributed by atoms with Crippen LogP contribution in [0, 0.1) is 0 Å². The van der Waals surface area contributed by atoms with Crippen LogP contribution in [0.4, 0.5) is 0 Å². The zero-order valence-electron chi connectivity index (χ0n) is 10.4. The predicted molar refractivity (Wildman–Crippen MR) is 60.4 cm³/mol. The fourth-order valence-corrected chi connectivity index (χ4v) is 1.48. The van der Waals surface area contributed by atoms with Crippen LogP contribution in [0.5, 0.6) is 0 Å². The lowest BCUT2D eigenvalue weighted by atomic mass is 10.3. The standard InChI is InChI=1S/C11H18N2O4/c1-4-5-6-13-8-7-12(2)11(13)17-10(15)9(14)16-3/h7-8,11H,4-6H2,1-3H3. The molecule has 1 unspecified atom stereocenters. The zero-order valence-corrected chi connectivity index (χ0v) is 10.4.